The molecule has 11 heteroatoms. The minimum atomic E-state index is -1.15. The van der Waals surface area contributed by atoms with Crippen LogP contribution in [0.15, 0.2) is 17.3 Å². The molecule has 0 spiro atoms. The van der Waals surface area contributed by atoms with Gasteiger partial charge in [-0.1, -0.05) is 28.4 Å². The highest BCUT2D eigenvalue weighted by atomic mass is 35.5. The highest BCUT2D eigenvalue weighted by Crippen LogP contribution is 2.39. The normalized spacial score (nSPS) is 11.9. The van der Waals surface area contributed by atoms with Gasteiger partial charge in [-0.2, -0.15) is 10.4 Å². The Bertz CT molecular complexity index is 952. The number of rotatable bonds is 8. The van der Waals surface area contributed by atoms with Crippen LogP contribution in [0, 0.1) is 18.3 Å². The molecule has 1 aromatic heterocycles. The van der Waals surface area contributed by atoms with Gasteiger partial charge in [-0.15, -0.1) is 0 Å². The minimum absolute atomic E-state index is 0.0995. The third kappa shape index (κ3) is 5.06. The molecule has 9 nitrogen and oxygen atoms in total. The Morgan fingerprint density at radius 1 is 1.43 bits per heavy atom. The fourth-order valence-corrected chi connectivity index (χ4v) is 2.57. The van der Waals surface area contributed by atoms with Gasteiger partial charge in [-0.3, -0.25) is 0 Å². The standard InChI is InChI=1S/C17H16Cl2N4O5/c1-9-11(8-21-26-5-4-20)16(23(3)22-9)28-15-7-14(12(18)6-13(15)19)27-10(2)17(24)25/h6-8,10H,5H2,1-3H3,(H,24,25)/t10-/m0/s1. The van der Waals surface area contributed by atoms with Gasteiger partial charge in [0.2, 0.25) is 12.5 Å². The second-order valence-corrected chi connectivity index (χ2v) is 6.32. The summed E-state index contributed by atoms with van der Waals surface area (Å²) < 4.78 is 12.6. The van der Waals surface area contributed by atoms with Crippen molar-refractivity contribution in [3.63, 3.8) is 0 Å². The highest BCUT2D eigenvalue weighted by Gasteiger charge is 2.20. The van der Waals surface area contributed by atoms with Gasteiger partial charge < -0.3 is 19.4 Å². The van der Waals surface area contributed by atoms with Crippen molar-refractivity contribution < 1.29 is 24.2 Å². The Morgan fingerprint density at radius 3 is 2.75 bits per heavy atom. The van der Waals surface area contributed by atoms with E-state index in [1.165, 1.54) is 30.0 Å². The maximum atomic E-state index is 11.0. The maximum absolute atomic E-state index is 11.0. The lowest BCUT2D eigenvalue weighted by atomic mass is 10.2. The van der Waals surface area contributed by atoms with Crippen LogP contribution in [0.5, 0.6) is 17.4 Å². The van der Waals surface area contributed by atoms with Gasteiger partial charge in [-0.25, -0.2) is 9.48 Å². The van der Waals surface area contributed by atoms with Gasteiger partial charge in [0.05, 0.1) is 27.5 Å². The van der Waals surface area contributed by atoms with Crippen LogP contribution >= 0.6 is 23.2 Å². The van der Waals surface area contributed by atoms with Crippen molar-refractivity contribution >= 4 is 35.4 Å². The number of hydrogen-bond acceptors (Lipinski definition) is 7. The number of ether oxygens (including phenoxy) is 2. The topological polar surface area (TPSA) is 119 Å². The first-order valence-corrected chi connectivity index (χ1v) is 8.62. The van der Waals surface area contributed by atoms with Crippen molar-refractivity contribution in [2.45, 2.75) is 20.0 Å². The van der Waals surface area contributed by atoms with Crippen molar-refractivity contribution in [1.82, 2.24) is 9.78 Å². The molecule has 2 aromatic rings. The minimum Gasteiger partial charge on any atom is -0.479 e. The first kappa shape index (κ1) is 21.3. The van der Waals surface area contributed by atoms with Gasteiger partial charge in [0, 0.05) is 13.1 Å². The second-order valence-electron chi connectivity index (χ2n) is 5.51. The molecule has 0 amide bonds. The summed E-state index contributed by atoms with van der Waals surface area (Å²) in [5.41, 5.74) is 1.11. The number of nitrogens with zero attached hydrogens (tertiary/aromatic N) is 4. The number of aromatic nitrogens is 2. The van der Waals surface area contributed by atoms with Crippen LogP contribution in [-0.4, -0.2) is 39.8 Å². The van der Waals surface area contributed by atoms with E-state index < -0.39 is 12.1 Å². The van der Waals surface area contributed by atoms with Crippen molar-refractivity contribution in [2.75, 3.05) is 6.61 Å². The molecule has 0 radical (unpaired) electrons. The molecule has 0 bridgehead atoms. The zero-order valence-corrected chi connectivity index (χ0v) is 16.7. The lowest BCUT2D eigenvalue weighted by Crippen LogP contribution is -2.23. The van der Waals surface area contributed by atoms with Crippen LogP contribution in [0.3, 0.4) is 0 Å². The lowest BCUT2D eigenvalue weighted by Gasteiger charge is -2.15. The largest absolute Gasteiger partial charge is 0.479 e. The zero-order chi connectivity index (χ0) is 20.8. The number of oxime groups is 1. The fourth-order valence-electron chi connectivity index (χ4n) is 2.10. The van der Waals surface area contributed by atoms with Crippen molar-refractivity contribution in [3.8, 4) is 23.4 Å². The summed E-state index contributed by atoms with van der Waals surface area (Å²) in [4.78, 5) is 15.8. The molecule has 1 heterocycles. The summed E-state index contributed by atoms with van der Waals surface area (Å²) in [5, 5.41) is 25.8. The Kier molecular flexibility index (Phi) is 7.09. The van der Waals surface area contributed by atoms with E-state index >= 15 is 0 Å². The number of benzene rings is 1. The van der Waals surface area contributed by atoms with Crippen LogP contribution in [0.1, 0.15) is 18.2 Å². The monoisotopic (exact) mass is 426 g/mol. The number of aryl methyl sites for hydroxylation is 2. The number of nitriles is 1. The molecular formula is C17H16Cl2N4O5. The average molecular weight is 427 g/mol. The number of carboxylic acids is 1. The van der Waals surface area contributed by atoms with Crippen LogP contribution in [-0.2, 0) is 16.7 Å². The summed E-state index contributed by atoms with van der Waals surface area (Å²) in [7, 11) is 1.66. The predicted octanol–water partition coefficient (Wildman–Crippen LogP) is 3.55. The Morgan fingerprint density at radius 2 is 2.11 bits per heavy atom. The molecule has 1 atom stereocenters. The molecule has 148 valence electrons. The van der Waals surface area contributed by atoms with Crippen LogP contribution in [0.4, 0.5) is 0 Å². The molecule has 1 N–H and O–H groups in total. The average Bonchev–Trinajstić information content (AvgIpc) is 2.89. The molecule has 0 unspecified atom stereocenters. The smallest absolute Gasteiger partial charge is 0.344 e. The molecule has 28 heavy (non-hydrogen) atoms. The van der Waals surface area contributed by atoms with E-state index in [-0.39, 0.29) is 28.2 Å². The molecule has 0 saturated heterocycles. The van der Waals surface area contributed by atoms with Crippen molar-refractivity contribution in [3.05, 3.63) is 33.4 Å². The third-order valence-corrected chi connectivity index (χ3v) is 4.03. The number of carboxylic acid groups (broad SMARTS) is 1. The summed E-state index contributed by atoms with van der Waals surface area (Å²) in [6.07, 6.45) is 0.244. The molecule has 0 aliphatic rings. The quantitative estimate of drug-likeness (QED) is 0.389. The van der Waals surface area contributed by atoms with E-state index in [2.05, 4.69) is 10.3 Å². The van der Waals surface area contributed by atoms with Crippen molar-refractivity contribution in [2.24, 2.45) is 12.2 Å². The highest BCUT2D eigenvalue weighted by molar-refractivity contribution is 6.36. The number of aliphatic carboxylic acids is 1. The number of halogens is 2. The maximum Gasteiger partial charge on any atom is 0.344 e. The van der Waals surface area contributed by atoms with Gasteiger partial charge in [0.15, 0.2) is 11.9 Å². The van der Waals surface area contributed by atoms with Gasteiger partial charge in [-0.05, 0) is 19.9 Å². The van der Waals surface area contributed by atoms with Gasteiger partial charge in [0.25, 0.3) is 0 Å². The molecule has 0 aliphatic carbocycles. The fraction of sp³-hybridized carbons (Fsp3) is 0.294. The third-order valence-electron chi connectivity index (χ3n) is 3.44. The SMILES string of the molecule is Cc1nn(C)c(Oc2cc(O[C@@H](C)C(=O)O)c(Cl)cc2Cl)c1C=NOCC#N. The summed E-state index contributed by atoms with van der Waals surface area (Å²) in [6, 6.07) is 4.57. The van der Waals surface area contributed by atoms with E-state index in [0.717, 1.165) is 0 Å². The first-order valence-electron chi connectivity index (χ1n) is 7.86. The second kappa shape index (κ2) is 9.30. The molecule has 0 saturated carbocycles. The molecule has 0 aliphatic heterocycles. The zero-order valence-electron chi connectivity index (χ0n) is 15.1. The van der Waals surface area contributed by atoms with E-state index in [1.54, 1.807) is 20.0 Å². The van der Waals surface area contributed by atoms with Gasteiger partial charge in [0.1, 0.15) is 11.8 Å². The molecule has 2 rings (SSSR count). The summed E-state index contributed by atoms with van der Waals surface area (Å²) >= 11 is 12.3. The van der Waals surface area contributed by atoms with Crippen molar-refractivity contribution in [1.29, 1.82) is 5.26 Å². The Hall–Kier alpha value is -2.96. The number of carbonyl (C=O) groups is 1. The summed E-state index contributed by atoms with van der Waals surface area (Å²) in [6.45, 7) is 2.91. The van der Waals surface area contributed by atoms with Crippen LogP contribution in [0.2, 0.25) is 10.0 Å². The van der Waals surface area contributed by atoms with E-state index in [1.807, 2.05) is 0 Å². The Labute approximate surface area is 170 Å². The van der Waals surface area contributed by atoms with Crippen LogP contribution < -0.4 is 9.47 Å². The van der Waals surface area contributed by atoms with E-state index in [0.29, 0.717) is 17.1 Å². The lowest BCUT2D eigenvalue weighted by molar-refractivity contribution is -0.144. The van der Waals surface area contributed by atoms with Crippen LogP contribution in [0.25, 0.3) is 0 Å². The molecule has 0 fully saturated rings. The molecule has 1 aromatic carbocycles. The van der Waals surface area contributed by atoms with Gasteiger partial charge >= 0.3 is 5.97 Å². The molecular weight excluding hydrogens is 411 g/mol. The number of hydrogen-bond donors (Lipinski definition) is 1. The summed E-state index contributed by atoms with van der Waals surface area (Å²) in [5.74, 6) is -0.577. The first-order chi connectivity index (χ1) is 13.2. The van der Waals surface area contributed by atoms with E-state index in [4.69, 9.17) is 47.9 Å². The van der Waals surface area contributed by atoms with E-state index in [9.17, 15) is 4.79 Å². The predicted molar refractivity (Wildman–Crippen MR) is 101 cm³/mol. The Balaban J connectivity index is 2.36.